The molecular formula is C22H20Cl2N4O2S. The van der Waals surface area contributed by atoms with E-state index in [1.165, 1.54) is 11.8 Å². The first-order valence-corrected chi connectivity index (χ1v) is 11.1. The number of rotatable bonds is 6. The number of aromatic nitrogens is 2. The first-order chi connectivity index (χ1) is 14.8. The van der Waals surface area contributed by atoms with Gasteiger partial charge >= 0.3 is 0 Å². The molecule has 0 spiro atoms. The molecule has 2 N–H and O–H groups in total. The van der Waals surface area contributed by atoms with Gasteiger partial charge in [-0.15, -0.1) is 0 Å². The zero-order valence-corrected chi connectivity index (χ0v) is 19.2. The number of nitrogens with zero attached hydrogens (tertiary/aromatic N) is 2. The average molecular weight is 475 g/mol. The Morgan fingerprint density at radius 1 is 0.871 bits per heavy atom. The second-order valence-corrected chi connectivity index (χ2v) is 8.60. The van der Waals surface area contributed by atoms with Gasteiger partial charge < -0.3 is 0 Å². The van der Waals surface area contributed by atoms with Gasteiger partial charge in [0, 0.05) is 22.7 Å². The molecular weight excluding hydrogens is 455 g/mol. The number of benzene rings is 2. The first kappa shape index (κ1) is 23.1. The van der Waals surface area contributed by atoms with Gasteiger partial charge in [-0.2, -0.15) is 0 Å². The Morgan fingerprint density at radius 3 is 2.16 bits per heavy atom. The maximum atomic E-state index is 12.3. The third-order valence-electron chi connectivity index (χ3n) is 4.21. The molecule has 0 aliphatic heterocycles. The van der Waals surface area contributed by atoms with Crippen LogP contribution in [0.5, 0.6) is 0 Å². The molecule has 31 heavy (non-hydrogen) atoms. The number of thioether (sulfide) groups is 1. The van der Waals surface area contributed by atoms with E-state index in [-0.39, 0.29) is 12.3 Å². The SMILES string of the molecule is Cc1cc(C)nc(SCc2ccc(C(=O)NNC(=O)Cc3ccc(Cl)c(Cl)c3)cc2)n1. The normalized spacial score (nSPS) is 10.6. The number of halogens is 2. The van der Waals surface area contributed by atoms with E-state index in [0.29, 0.717) is 26.9 Å². The number of hydrazine groups is 1. The van der Waals surface area contributed by atoms with Gasteiger partial charge in [0.25, 0.3) is 5.91 Å². The lowest BCUT2D eigenvalue weighted by atomic mass is 10.1. The summed E-state index contributed by atoms with van der Waals surface area (Å²) in [7, 11) is 0. The van der Waals surface area contributed by atoms with Crippen molar-refractivity contribution < 1.29 is 9.59 Å². The topological polar surface area (TPSA) is 84.0 Å². The van der Waals surface area contributed by atoms with E-state index in [1.54, 1.807) is 30.3 Å². The highest BCUT2D eigenvalue weighted by Gasteiger charge is 2.10. The van der Waals surface area contributed by atoms with Gasteiger partial charge in [0.05, 0.1) is 16.5 Å². The van der Waals surface area contributed by atoms with Crippen LogP contribution in [0.25, 0.3) is 0 Å². The van der Waals surface area contributed by atoms with Crippen LogP contribution in [-0.4, -0.2) is 21.8 Å². The fraction of sp³-hybridized carbons (Fsp3) is 0.182. The molecule has 1 heterocycles. The molecule has 3 rings (SSSR count). The minimum absolute atomic E-state index is 0.0633. The van der Waals surface area contributed by atoms with Crippen LogP contribution in [0.4, 0.5) is 0 Å². The largest absolute Gasteiger partial charge is 0.273 e. The third kappa shape index (κ3) is 6.95. The fourth-order valence-electron chi connectivity index (χ4n) is 2.74. The summed E-state index contributed by atoms with van der Waals surface area (Å²) in [5.74, 6) is -0.0851. The lowest BCUT2D eigenvalue weighted by Crippen LogP contribution is -2.42. The van der Waals surface area contributed by atoms with Gasteiger partial charge in [-0.1, -0.05) is 53.2 Å². The fourth-order valence-corrected chi connectivity index (χ4v) is 3.96. The van der Waals surface area contributed by atoms with Gasteiger partial charge in [-0.3, -0.25) is 20.4 Å². The van der Waals surface area contributed by atoms with Crippen LogP contribution in [-0.2, 0) is 17.0 Å². The van der Waals surface area contributed by atoms with E-state index in [4.69, 9.17) is 23.2 Å². The number of hydrogen-bond acceptors (Lipinski definition) is 5. The molecule has 0 fully saturated rings. The highest BCUT2D eigenvalue weighted by molar-refractivity contribution is 7.98. The van der Waals surface area contributed by atoms with Crippen LogP contribution in [0.15, 0.2) is 53.7 Å². The van der Waals surface area contributed by atoms with E-state index < -0.39 is 5.91 Å². The van der Waals surface area contributed by atoms with E-state index >= 15 is 0 Å². The second-order valence-electron chi connectivity index (χ2n) is 6.85. The molecule has 9 heteroatoms. The molecule has 0 aliphatic carbocycles. The Morgan fingerprint density at radius 2 is 1.52 bits per heavy atom. The summed E-state index contributed by atoms with van der Waals surface area (Å²) in [4.78, 5) is 33.1. The van der Waals surface area contributed by atoms with Crippen LogP contribution in [0.1, 0.15) is 32.9 Å². The zero-order chi connectivity index (χ0) is 22.4. The Labute approximate surface area is 194 Å². The summed E-state index contributed by atoms with van der Waals surface area (Å²) in [6.07, 6.45) is 0.0633. The number of carbonyl (C=O) groups is 2. The molecule has 0 saturated carbocycles. The monoisotopic (exact) mass is 474 g/mol. The Bertz CT molecular complexity index is 1090. The predicted molar refractivity (Wildman–Crippen MR) is 123 cm³/mol. The lowest BCUT2D eigenvalue weighted by Gasteiger charge is -2.09. The minimum atomic E-state index is -0.403. The molecule has 0 atom stereocenters. The van der Waals surface area contributed by atoms with E-state index in [9.17, 15) is 9.59 Å². The number of carbonyl (C=O) groups excluding carboxylic acids is 2. The summed E-state index contributed by atoms with van der Waals surface area (Å²) >= 11 is 13.3. The van der Waals surface area contributed by atoms with Crippen molar-refractivity contribution in [2.45, 2.75) is 31.2 Å². The molecule has 6 nitrogen and oxygen atoms in total. The summed E-state index contributed by atoms with van der Waals surface area (Å²) in [6.45, 7) is 3.88. The van der Waals surface area contributed by atoms with Crippen LogP contribution < -0.4 is 10.9 Å². The molecule has 0 unspecified atom stereocenters. The molecule has 3 aromatic rings. The van der Waals surface area contributed by atoms with Gasteiger partial charge in [0.2, 0.25) is 5.91 Å². The van der Waals surface area contributed by atoms with Gasteiger partial charge in [-0.05, 0) is 55.3 Å². The van der Waals surface area contributed by atoms with Gasteiger partial charge in [-0.25, -0.2) is 9.97 Å². The summed E-state index contributed by atoms with van der Waals surface area (Å²) < 4.78 is 0. The Kier molecular flexibility index (Phi) is 7.90. The molecule has 0 aliphatic rings. The first-order valence-electron chi connectivity index (χ1n) is 9.37. The maximum Gasteiger partial charge on any atom is 0.269 e. The molecule has 1 aromatic heterocycles. The van der Waals surface area contributed by atoms with Gasteiger partial charge in [0.15, 0.2) is 5.16 Å². The number of nitrogens with one attached hydrogen (secondary N) is 2. The quantitative estimate of drug-likeness (QED) is 0.307. The van der Waals surface area contributed by atoms with Crippen molar-refractivity contribution in [3.8, 4) is 0 Å². The lowest BCUT2D eigenvalue weighted by molar-refractivity contribution is -0.121. The van der Waals surface area contributed by atoms with Crippen molar-refractivity contribution in [3.63, 3.8) is 0 Å². The van der Waals surface area contributed by atoms with Crippen LogP contribution in [0.2, 0.25) is 10.0 Å². The predicted octanol–water partition coefficient (Wildman–Crippen LogP) is 4.70. The molecule has 2 aromatic carbocycles. The third-order valence-corrected chi connectivity index (χ3v) is 5.87. The van der Waals surface area contributed by atoms with Crippen molar-refractivity contribution in [1.29, 1.82) is 0 Å². The van der Waals surface area contributed by atoms with Crippen molar-refractivity contribution in [2.24, 2.45) is 0 Å². The van der Waals surface area contributed by atoms with Crippen LogP contribution in [0, 0.1) is 13.8 Å². The van der Waals surface area contributed by atoms with Crippen molar-refractivity contribution in [2.75, 3.05) is 0 Å². The summed E-state index contributed by atoms with van der Waals surface area (Å²) in [5.41, 5.74) is 8.84. The molecule has 160 valence electrons. The summed E-state index contributed by atoms with van der Waals surface area (Å²) in [6, 6.07) is 14.0. The van der Waals surface area contributed by atoms with Crippen molar-refractivity contribution >= 4 is 46.8 Å². The van der Waals surface area contributed by atoms with Crippen molar-refractivity contribution in [1.82, 2.24) is 20.8 Å². The Hall–Kier alpha value is -2.61. The van der Waals surface area contributed by atoms with Crippen molar-refractivity contribution in [3.05, 3.63) is 86.7 Å². The maximum absolute atomic E-state index is 12.3. The molecule has 2 amide bonds. The minimum Gasteiger partial charge on any atom is -0.273 e. The van der Waals surface area contributed by atoms with Gasteiger partial charge in [0.1, 0.15) is 0 Å². The standard InChI is InChI=1S/C22H20Cl2N4O2S/c1-13-9-14(2)26-22(25-13)31-12-15-3-6-17(7-4-15)21(30)28-27-20(29)11-16-5-8-18(23)19(24)10-16/h3-10H,11-12H2,1-2H3,(H,27,29)(H,28,30). The number of amides is 2. The average Bonchev–Trinajstić information content (AvgIpc) is 2.73. The molecule has 0 saturated heterocycles. The van der Waals surface area contributed by atoms with Crippen LogP contribution >= 0.6 is 35.0 Å². The van der Waals surface area contributed by atoms with E-state index in [0.717, 1.165) is 22.1 Å². The summed E-state index contributed by atoms with van der Waals surface area (Å²) in [5, 5.41) is 1.52. The van der Waals surface area contributed by atoms with E-state index in [2.05, 4.69) is 20.8 Å². The second kappa shape index (κ2) is 10.6. The number of aryl methyl sites for hydroxylation is 2. The number of hydrogen-bond donors (Lipinski definition) is 2. The smallest absolute Gasteiger partial charge is 0.269 e. The highest BCUT2D eigenvalue weighted by Crippen LogP contribution is 2.23. The molecule has 0 bridgehead atoms. The van der Waals surface area contributed by atoms with E-state index in [1.807, 2.05) is 32.0 Å². The zero-order valence-electron chi connectivity index (χ0n) is 16.9. The molecule has 0 radical (unpaired) electrons. The highest BCUT2D eigenvalue weighted by atomic mass is 35.5. The van der Waals surface area contributed by atoms with Crippen LogP contribution in [0.3, 0.4) is 0 Å². The Balaban J connectivity index is 1.49.